The highest BCUT2D eigenvalue weighted by Gasteiger charge is 2.36. The Kier molecular flexibility index (Phi) is 4.77. The molecule has 1 heterocycles. The third-order valence-corrected chi connectivity index (χ3v) is 6.70. The number of carbonyl (C=O) groups excluding carboxylic acids is 1. The van der Waals surface area contributed by atoms with Crippen molar-refractivity contribution in [3.8, 4) is 0 Å². The maximum Gasteiger partial charge on any atom is 0.257 e. The number of halogens is 1. The van der Waals surface area contributed by atoms with Gasteiger partial charge in [0.1, 0.15) is 11.2 Å². The van der Waals surface area contributed by atoms with Crippen molar-refractivity contribution < 1.29 is 17.6 Å². The molecule has 2 rings (SSSR count). The van der Waals surface area contributed by atoms with E-state index in [1.165, 1.54) is 22.7 Å². The summed E-state index contributed by atoms with van der Waals surface area (Å²) in [7, 11) is -3.38. The molecule has 1 aliphatic heterocycles. The summed E-state index contributed by atoms with van der Waals surface area (Å²) < 4.78 is 37.4. The summed E-state index contributed by atoms with van der Waals surface area (Å²) in [4.78, 5) is 13.9. The summed E-state index contributed by atoms with van der Waals surface area (Å²) in [5, 5.41) is -0.849. The third kappa shape index (κ3) is 3.32. The molecule has 1 atom stereocenters. The largest absolute Gasteiger partial charge is 0.398 e. The molecule has 0 aromatic heterocycles. The van der Waals surface area contributed by atoms with Gasteiger partial charge in [-0.05, 0) is 18.2 Å². The molecule has 0 bridgehead atoms. The van der Waals surface area contributed by atoms with Crippen LogP contribution < -0.4 is 5.73 Å². The van der Waals surface area contributed by atoms with E-state index in [0.29, 0.717) is 18.1 Å². The SMILES string of the molecule is CCS(=O)(=O)C1CSCCN1C(=O)c1ccc(F)cc1N. The smallest absolute Gasteiger partial charge is 0.257 e. The summed E-state index contributed by atoms with van der Waals surface area (Å²) in [6, 6.07) is 3.51. The second kappa shape index (κ2) is 6.23. The Morgan fingerprint density at radius 2 is 2.24 bits per heavy atom. The maximum atomic E-state index is 13.1. The van der Waals surface area contributed by atoms with Gasteiger partial charge in [-0.15, -0.1) is 0 Å². The summed E-state index contributed by atoms with van der Waals surface area (Å²) >= 11 is 1.50. The lowest BCUT2D eigenvalue weighted by Gasteiger charge is -2.35. The van der Waals surface area contributed by atoms with Crippen LogP contribution in [0.2, 0.25) is 0 Å². The van der Waals surface area contributed by atoms with Gasteiger partial charge in [0.2, 0.25) is 0 Å². The van der Waals surface area contributed by atoms with E-state index in [-0.39, 0.29) is 17.0 Å². The van der Waals surface area contributed by atoms with E-state index in [2.05, 4.69) is 0 Å². The fraction of sp³-hybridized carbons (Fsp3) is 0.462. The molecule has 116 valence electrons. The predicted octanol–water partition coefficient (Wildman–Crippen LogP) is 1.36. The van der Waals surface area contributed by atoms with Crippen LogP contribution in [-0.4, -0.2) is 48.4 Å². The number of anilines is 1. The molecule has 0 spiro atoms. The number of sulfone groups is 1. The molecule has 1 aromatic carbocycles. The Balaban J connectivity index is 2.35. The number of nitrogens with zero attached hydrogens (tertiary/aromatic N) is 1. The van der Waals surface area contributed by atoms with Crippen LogP contribution >= 0.6 is 11.8 Å². The standard InChI is InChI=1S/C13H17FN2O3S2/c1-2-21(18,19)12-8-20-6-5-16(12)13(17)10-4-3-9(14)7-11(10)15/h3-4,7,12H,2,5-6,8,15H2,1H3. The molecule has 1 saturated heterocycles. The molecule has 1 unspecified atom stereocenters. The van der Waals surface area contributed by atoms with Gasteiger partial charge in [0, 0.05) is 29.5 Å². The van der Waals surface area contributed by atoms with E-state index in [1.807, 2.05) is 0 Å². The van der Waals surface area contributed by atoms with Crippen molar-refractivity contribution >= 4 is 33.2 Å². The van der Waals surface area contributed by atoms with Crippen molar-refractivity contribution in [1.29, 1.82) is 0 Å². The molecule has 2 N–H and O–H groups in total. The van der Waals surface area contributed by atoms with Gasteiger partial charge in [0.25, 0.3) is 5.91 Å². The maximum absolute atomic E-state index is 13.1. The normalized spacial score (nSPS) is 19.5. The van der Waals surface area contributed by atoms with Gasteiger partial charge >= 0.3 is 0 Å². The first-order chi connectivity index (χ1) is 9.86. The summed E-state index contributed by atoms with van der Waals surface area (Å²) in [6.07, 6.45) is 0. The van der Waals surface area contributed by atoms with Crippen molar-refractivity contribution in [2.75, 3.05) is 29.5 Å². The third-order valence-electron chi connectivity index (χ3n) is 3.41. The Labute approximate surface area is 127 Å². The average Bonchev–Trinajstić information content (AvgIpc) is 2.46. The Morgan fingerprint density at radius 3 is 2.86 bits per heavy atom. The van der Waals surface area contributed by atoms with Crippen LogP contribution in [0, 0.1) is 5.82 Å². The predicted molar refractivity (Wildman–Crippen MR) is 82.4 cm³/mol. The van der Waals surface area contributed by atoms with Gasteiger partial charge in [-0.25, -0.2) is 12.8 Å². The molecule has 0 radical (unpaired) electrons. The first kappa shape index (κ1) is 16.1. The zero-order valence-electron chi connectivity index (χ0n) is 11.6. The van der Waals surface area contributed by atoms with Crippen LogP contribution in [0.1, 0.15) is 17.3 Å². The van der Waals surface area contributed by atoms with Gasteiger partial charge in [0.15, 0.2) is 9.84 Å². The number of amides is 1. The van der Waals surface area contributed by atoms with Gasteiger partial charge in [-0.2, -0.15) is 11.8 Å². The number of rotatable bonds is 3. The van der Waals surface area contributed by atoms with Crippen LogP contribution in [0.5, 0.6) is 0 Å². The van der Waals surface area contributed by atoms with Crippen molar-refractivity contribution in [2.45, 2.75) is 12.3 Å². The van der Waals surface area contributed by atoms with Crippen molar-refractivity contribution in [3.05, 3.63) is 29.6 Å². The zero-order valence-corrected chi connectivity index (χ0v) is 13.2. The van der Waals surface area contributed by atoms with Crippen LogP contribution in [-0.2, 0) is 9.84 Å². The summed E-state index contributed by atoms with van der Waals surface area (Å²) in [5.74, 6) is -0.00207. The van der Waals surface area contributed by atoms with E-state index in [1.54, 1.807) is 6.92 Å². The fourth-order valence-corrected chi connectivity index (χ4v) is 5.15. The van der Waals surface area contributed by atoms with Gasteiger partial charge in [0.05, 0.1) is 5.56 Å². The van der Waals surface area contributed by atoms with Crippen molar-refractivity contribution in [2.24, 2.45) is 0 Å². The number of nitrogen functional groups attached to an aromatic ring is 1. The lowest BCUT2D eigenvalue weighted by Crippen LogP contribution is -2.50. The number of thioether (sulfide) groups is 1. The monoisotopic (exact) mass is 332 g/mol. The topological polar surface area (TPSA) is 80.5 Å². The first-order valence-corrected chi connectivity index (χ1v) is 9.39. The molecule has 1 amide bonds. The van der Waals surface area contributed by atoms with Crippen molar-refractivity contribution in [1.82, 2.24) is 4.90 Å². The van der Waals surface area contributed by atoms with Crippen molar-refractivity contribution in [3.63, 3.8) is 0 Å². The highest BCUT2D eigenvalue weighted by molar-refractivity contribution is 8.01. The molecule has 1 fully saturated rings. The quantitative estimate of drug-likeness (QED) is 0.845. The van der Waals surface area contributed by atoms with E-state index in [4.69, 9.17) is 5.73 Å². The van der Waals surface area contributed by atoms with E-state index >= 15 is 0 Å². The molecule has 21 heavy (non-hydrogen) atoms. The van der Waals surface area contributed by atoms with E-state index in [9.17, 15) is 17.6 Å². The lowest BCUT2D eigenvalue weighted by atomic mass is 10.1. The lowest BCUT2D eigenvalue weighted by molar-refractivity contribution is 0.0750. The van der Waals surface area contributed by atoms with Gasteiger partial charge < -0.3 is 10.6 Å². The summed E-state index contributed by atoms with van der Waals surface area (Å²) in [6.45, 7) is 1.90. The number of benzene rings is 1. The Bertz CT molecular complexity index is 649. The van der Waals surface area contributed by atoms with Crippen LogP contribution in [0.25, 0.3) is 0 Å². The molecular formula is C13H17FN2O3S2. The minimum atomic E-state index is -3.38. The number of hydrogen-bond donors (Lipinski definition) is 1. The minimum Gasteiger partial charge on any atom is -0.398 e. The van der Waals surface area contributed by atoms with Crippen LogP contribution in [0.15, 0.2) is 18.2 Å². The zero-order chi connectivity index (χ0) is 15.6. The molecule has 5 nitrogen and oxygen atoms in total. The van der Waals surface area contributed by atoms with Crippen LogP contribution in [0.3, 0.4) is 0 Å². The number of carbonyl (C=O) groups is 1. The second-order valence-electron chi connectivity index (χ2n) is 4.71. The van der Waals surface area contributed by atoms with E-state index < -0.39 is 26.9 Å². The highest BCUT2D eigenvalue weighted by atomic mass is 32.2. The molecular weight excluding hydrogens is 315 g/mol. The van der Waals surface area contributed by atoms with Crippen LogP contribution in [0.4, 0.5) is 10.1 Å². The molecule has 1 aromatic rings. The average molecular weight is 332 g/mol. The Hall–Kier alpha value is -1.28. The molecule has 1 aliphatic rings. The molecule has 8 heteroatoms. The Morgan fingerprint density at radius 1 is 1.52 bits per heavy atom. The highest BCUT2D eigenvalue weighted by Crippen LogP contribution is 2.25. The second-order valence-corrected chi connectivity index (χ2v) is 8.31. The first-order valence-electron chi connectivity index (χ1n) is 6.52. The molecule has 0 aliphatic carbocycles. The van der Waals surface area contributed by atoms with Gasteiger partial charge in [-0.1, -0.05) is 6.92 Å². The number of hydrogen-bond acceptors (Lipinski definition) is 5. The summed E-state index contributed by atoms with van der Waals surface area (Å²) in [5.41, 5.74) is 5.83. The molecule has 0 saturated carbocycles. The van der Waals surface area contributed by atoms with E-state index in [0.717, 1.165) is 12.1 Å². The number of nitrogens with two attached hydrogens (primary N) is 1. The van der Waals surface area contributed by atoms with Gasteiger partial charge in [-0.3, -0.25) is 4.79 Å². The fourth-order valence-electron chi connectivity index (χ4n) is 2.19. The minimum absolute atomic E-state index is 0.0193.